The van der Waals surface area contributed by atoms with Crippen molar-refractivity contribution in [3.8, 4) is 0 Å². The van der Waals surface area contributed by atoms with E-state index >= 15 is 0 Å². The first-order valence-electron chi connectivity index (χ1n) is 6.49. The average Bonchev–Trinajstić information content (AvgIpc) is 2.98. The van der Waals surface area contributed by atoms with E-state index in [1.165, 1.54) is 18.2 Å². The molecule has 7 nitrogen and oxygen atoms in total. The number of carbonyl (C=O) groups is 2. The Morgan fingerprint density at radius 3 is 2.57 bits per heavy atom. The fourth-order valence-electron chi connectivity index (χ4n) is 2.13. The molecule has 0 atom stereocenters. The van der Waals surface area contributed by atoms with Crippen molar-refractivity contribution in [3.63, 3.8) is 0 Å². The Balaban J connectivity index is 1.95. The molecule has 0 spiro atoms. The van der Waals surface area contributed by atoms with E-state index in [-0.39, 0.29) is 28.7 Å². The van der Waals surface area contributed by atoms with E-state index in [1.54, 1.807) is 4.90 Å². The fourth-order valence-corrected chi connectivity index (χ4v) is 2.38. The van der Waals surface area contributed by atoms with Gasteiger partial charge >= 0.3 is 0 Å². The summed E-state index contributed by atoms with van der Waals surface area (Å²) >= 11 is 5.74. The van der Waals surface area contributed by atoms with E-state index in [0.29, 0.717) is 0 Å². The number of nitrogens with zero attached hydrogens (tertiary/aromatic N) is 2. The number of nitro groups is 1. The molecule has 1 aliphatic rings. The summed E-state index contributed by atoms with van der Waals surface area (Å²) in [4.78, 5) is 35.4. The van der Waals surface area contributed by atoms with Gasteiger partial charge in [-0.1, -0.05) is 11.6 Å². The maximum atomic E-state index is 11.9. The topological polar surface area (TPSA) is 92.6 Å². The molecule has 1 saturated heterocycles. The molecule has 112 valence electrons. The molecule has 8 heteroatoms. The fraction of sp³-hybridized carbons (Fsp3) is 0.385. The van der Waals surface area contributed by atoms with Crippen molar-refractivity contribution in [1.82, 2.24) is 10.2 Å². The number of hydrogen-bond donors (Lipinski definition) is 1. The molecule has 0 saturated carbocycles. The van der Waals surface area contributed by atoms with Gasteiger partial charge in [0.25, 0.3) is 11.6 Å². The van der Waals surface area contributed by atoms with Crippen molar-refractivity contribution >= 4 is 29.1 Å². The molecule has 0 aliphatic carbocycles. The quantitative estimate of drug-likeness (QED) is 0.675. The van der Waals surface area contributed by atoms with Gasteiger partial charge in [0.05, 0.1) is 11.5 Å². The molecule has 1 N–H and O–H groups in total. The zero-order chi connectivity index (χ0) is 15.4. The Morgan fingerprint density at radius 2 is 2.00 bits per heavy atom. The van der Waals surface area contributed by atoms with E-state index in [1.807, 2.05) is 0 Å². The third-order valence-electron chi connectivity index (χ3n) is 3.27. The maximum Gasteiger partial charge on any atom is 0.287 e. The molecule has 0 radical (unpaired) electrons. The van der Waals surface area contributed by atoms with Crippen LogP contribution < -0.4 is 5.32 Å². The lowest BCUT2D eigenvalue weighted by Crippen LogP contribution is -2.38. The van der Waals surface area contributed by atoms with Crippen molar-refractivity contribution in [3.05, 3.63) is 38.9 Å². The van der Waals surface area contributed by atoms with Crippen LogP contribution in [0.3, 0.4) is 0 Å². The Labute approximate surface area is 126 Å². The highest BCUT2D eigenvalue weighted by molar-refractivity contribution is 6.33. The first kappa shape index (κ1) is 15.2. The number of likely N-dealkylation sites (tertiary alicyclic amines) is 1. The lowest BCUT2D eigenvalue weighted by atomic mass is 10.2. The van der Waals surface area contributed by atoms with Crippen LogP contribution in [0, 0.1) is 10.1 Å². The van der Waals surface area contributed by atoms with Gasteiger partial charge in [-0.2, -0.15) is 0 Å². The molecule has 1 heterocycles. The summed E-state index contributed by atoms with van der Waals surface area (Å²) < 4.78 is 0. The molecule has 0 bridgehead atoms. The third-order valence-corrected chi connectivity index (χ3v) is 3.57. The minimum Gasteiger partial charge on any atom is -0.343 e. The highest BCUT2D eigenvalue weighted by Crippen LogP contribution is 2.24. The molecule has 2 rings (SSSR count). The predicted molar refractivity (Wildman–Crippen MR) is 76.3 cm³/mol. The van der Waals surface area contributed by atoms with E-state index in [0.717, 1.165) is 25.9 Å². The van der Waals surface area contributed by atoms with Crippen LogP contribution >= 0.6 is 11.6 Å². The van der Waals surface area contributed by atoms with Gasteiger partial charge in [-0.05, 0) is 25.0 Å². The molecule has 1 aromatic carbocycles. The Kier molecular flexibility index (Phi) is 4.74. The lowest BCUT2D eigenvalue weighted by Gasteiger charge is -2.15. The van der Waals surface area contributed by atoms with E-state index < -0.39 is 10.8 Å². The van der Waals surface area contributed by atoms with Crippen LogP contribution in [-0.4, -0.2) is 41.3 Å². The molecule has 0 aromatic heterocycles. The standard InChI is InChI=1S/C13H14ClN3O4/c14-10-7-9(3-4-11(10)17(20)21)13(19)15-8-12(18)16-5-1-2-6-16/h3-4,7H,1-2,5-6,8H2,(H,15,19). The van der Waals surface area contributed by atoms with Crippen LogP contribution in [0.2, 0.25) is 5.02 Å². The number of nitro benzene ring substituents is 1. The molecular formula is C13H14ClN3O4. The largest absolute Gasteiger partial charge is 0.343 e. The van der Waals surface area contributed by atoms with Gasteiger partial charge < -0.3 is 10.2 Å². The van der Waals surface area contributed by atoms with Crippen LogP contribution in [0.15, 0.2) is 18.2 Å². The molecule has 1 fully saturated rings. The summed E-state index contributed by atoms with van der Waals surface area (Å²) in [6.45, 7) is 1.35. The Morgan fingerprint density at radius 1 is 1.33 bits per heavy atom. The van der Waals surface area contributed by atoms with Gasteiger partial charge in [0.15, 0.2) is 0 Å². The van der Waals surface area contributed by atoms with Gasteiger partial charge in [-0.25, -0.2) is 0 Å². The number of rotatable bonds is 4. The third kappa shape index (κ3) is 3.69. The van der Waals surface area contributed by atoms with Crippen LogP contribution in [0.1, 0.15) is 23.2 Å². The second-order valence-corrected chi connectivity index (χ2v) is 5.10. The average molecular weight is 312 g/mol. The lowest BCUT2D eigenvalue weighted by molar-refractivity contribution is -0.384. The summed E-state index contributed by atoms with van der Waals surface area (Å²) in [5.41, 5.74) is -0.0822. The number of halogens is 1. The molecule has 1 aromatic rings. The Bertz CT molecular complexity index is 585. The van der Waals surface area contributed by atoms with Gasteiger partial charge in [-0.15, -0.1) is 0 Å². The van der Waals surface area contributed by atoms with Crippen molar-refractivity contribution in [2.45, 2.75) is 12.8 Å². The number of carbonyl (C=O) groups excluding carboxylic acids is 2. The SMILES string of the molecule is O=C(NCC(=O)N1CCCC1)c1ccc([N+](=O)[O-])c(Cl)c1. The van der Waals surface area contributed by atoms with Crippen LogP contribution in [0.5, 0.6) is 0 Å². The van der Waals surface area contributed by atoms with Crippen molar-refractivity contribution in [2.75, 3.05) is 19.6 Å². The summed E-state index contributed by atoms with van der Waals surface area (Å²) in [5.74, 6) is -0.617. The molecule has 21 heavy (non-hydrogen) atoms. The van der Waals surface area contributed by atoms with Gasteiger partial charge in [0, 0.05) is 24.7 Å². The van der Waals surface area contributed by atoms with Crippen LogP contribution in [0.25, 0.3) is 0 Å². The molecule has 1 aliphatic heterocycles. The minimum absolute atomic E-state index is 0.0898. The van der Waals surface area contributed by atoms with Gasteiger partial charge in [0.1, 0.15) is 5.02 Å². The summed E-state index contributed by atoms with van der Waals surface area (Å²) in [5, 5.41) is 13.0. The monoisotopic (exact) mass is 311 g/mol. The first-order chi connectivity index (χ1) is 9.99. The predicted octanol–water partition coefficient (Wildman–Crippen LogP) is 1.60. The second kappa shape index (κ2) is 6.53. The highest BCUT2D eigenvalue weighted by atomic mass is 35.5. The van der Waals surface area contributed by atoms with Crippen molar-refractivity contribution < 1.29 is 14.5 Å². The van der Waals surface area contributed by atoms with E-state index in [4.69, 9.17) is 11.6 Å². The maximum absolute atomic E-state index is 11.9. The Hall–Kier alpha value is -2.15. The number of amides is 2. The molecule has 2 amide bonds. The number of nitrogens with one attached hydrogen (secondary N) is 1. The normalized spacial score (nSPS) is 14.0. The number of benzene rings is 1. The highest BCUT2D eigenvalue weighted by Gasteiger charge is 2.19. The van der Waals surface area contributed by atoms with Gasteiger partial charge in [0.2, 0.25) is 5.91 Å². The minimum atomic E-state index is -0.624. The smallest absolute Gasteiger partial charge is 0.287 e. The zero-order valence-corrected chi connectivity index (χ0v) is 11.9. The van der Waals surface area contributed by atoms with E-state index in [9.17, 15) is 19.7 Å². The van der Waals surface area contributed by atoms with Crippen LogP contribution in [0.4, 0.5) is 5.69 Å². The first-order valence-corrected chi connectivity index (χ1v) is 6.87. The second-order valence-electron chi connectivity index (χ2n) is 4.69. The number of hydrogen-bond acceptors (Lipinski definition) is 4. The summed E-state index contributed by atoms with van der Waals surface area (Å²) in [6, 6.07) is 3.69. The van der Waals surface area contributed by atoms with Crippen LogP contribution in [-0.2, 0) is 4.79 Å². The van der Waals surface area contributed by atoms with Gasteiger partial charge in [-0.3, -0.25) is 19.7 Å². The van der Waals surface area contributed by atoms with Crippen molar-refractivity contribution in [1.29, 1.82) is 0 Å². The summed E-state index contributed by atoms with van der Waals surface area (Å²) in [7, 11) is 0. The van der Waals surface area contributed by atoms with E-state index in [2.05, 4.69) is 5.32 Å². The summed E-state index contributed by atoms with van der Waals surface area (Å²) in [6.07, 6.45) is 1.97. The van der Waals surface area contributed by atoms with Crippen molar-refractivity contribution in [2.24, 2.45) is 0 Å². The zero-order valence-electron chi connectivity index (χ0n) is 11.2. The molecular weight excluding hydrogens is 298 g/mol. The molecule has 0 unspecified atom stereocenters.